The molecule has 1 aromatic heterocycles. The molecule has 0 saturated carbocycles. The maximum Gasteiger partial charge on any atom is 0.243 e. The normalized spacial score (nSPS) is 17.1. The molecule has 2 heterocycles. The first-order valence-corrected chi connectivity index (χ1v) is 8.97. The van der Waals surface area contributed by atoms with Gasteiger partial charge in [0, 0.05) is 45.1 Å². The first-order chi connectivity index (χ1) is 11.5. The lowest BCUT2D eigenvalue weighted by Crippen LogP contribution is -2.48. The molecule has 1 aromatic carbocycles. The molecule has 1 aliphatic rings. The van der Waals surface area contributed by atoms with Gasteiger partial charge in [-0.05, 0) is 35.9 Å². The van der Waals surface area contributed by atoms with Gasteiger partial charge in [0.1, 0.15) is 0 Å². The van der Waals surface area contributed by atoms with Crippen LogP contribution in [-0.4, -0.2) is 48.8 Å². The van der Waals surface area contributed by atoms with Crippen LogP contribution in [0.1, 0.15) is 5.56 Å². The van der Waals surface area contributed by atoms with Crippen LogP contribution in [0.15, 0.2) is 47.6 Å². The van der Waals surface area contributed by atoms with E-state index >= 15 is 0 Å². The Bertz CT molecular complexity index is 807. The molecule has 0 aliphatic carbocycles. The molecule has 128 valence electrons. The zero-order valence-corrected chi connectivity index (χ0v) is 13.7. The summed E-state index contributed by atoms with van der Waals surface area (Å²) in [5.41, 5.74) is 1.11. The summed E-state index contributed by atoms with van der Waals surface area (Å²) in [5.74, 6) is -2.22. The van der Waals surface area contributed by atoms with Crippen molar-refractivity contribution < 1.29 is 17.2 Å². The van der Waals surface area contributed by atoms with Crippen LogP contribution in [-0.2, 0) is 16.6 Å². The molecule has 3 rings (SSSR count). The van der Waals surface area contributed by atoms with Crippen LogP contribution < -0.4 is 0 Å². The number of hydrogen-bond acceptors (Lipinski definition) is 4. The predicted molar refractivity (Wildman–Crippen MR) is 84.6 cm³/mol. The predicted octanol–water partition coefficient (Wildman–Crippen LogP) is 1.87. The summed E-state index contributed by atoms with van der Waals surface area (Å²) in [7, 11) is -3.81. The monoisotopic (exact) mass is 353 g/mol. The minimum atomic E-state index is -3.81. The molecule has 0 spiro atoms. The molecule has 0 atom stereocenters. The Labute approximate surface area is 139 Å². The van der Waals surface area contributed by atoms with Crippen LogP contribution in [0.3, 0.4) is 0 Å². The van der Waals surface area contributed by atoms with Crippen LogP contribution >= 0.6 is 0 Å². The number of piperazine rings is 1. The smallest absolute Gasteiger partial charge is 0.243 e. The fourth-order valence-corrected chi connectivity index (χ4v) is 4.10. The van der Waals surface area contributed by atoms with Crippen molar-refractivity contribution in [3.63, 3.8) is 0 Å². The highest BCUT2D eigenvalue weighted by atomic mass is 32.2. The zero-order valence-electron chi connectivity index (χ0n) is 12.9. The van der Waals surface area contributed by atoms with Crippen LogP contribution in [0.4, 0.5) is 8.78 Å². The first kappa shape index (κ1) is 16.9. The van der Waals surface area contributed by atoms with Gasteiger partial charge in [0.25, 0.3) is 0 Å². The molecule has 1 fully saturated rings. The van der Waals surface area contributed by atoms with Gasteiger partial charge in [-0.2, -0.15) is 4.31 Å². The van der Waals surface area contributed by atoms with E-state index < -0.39 is 21.7 Å². The number of nitrogens with zero attached hydrogens (tertiary/aromatic N) is 3. The number of pyridine rings is 1. The number of aromatic nitrogens is 1. The molecule has 1 saturated heterocycles. The number of rotatable bonds is 4. The van der Waals surface area contributed by atoms with E-state index in [9.17, 15) is 17.2 Å². The highest BCUT2D eigenvalue weighted by Crippen LogP contribution is 2.20. The Morgan fingerprint density at radius 2 is 1.62 bits per heavy atom. The Morgan fingerprint density at radius 3 is 2.25 bits per heavy atom. The highest BCUT2D eigenvalue weighted by molar-refractivity contribution is 7.89. The maximum atomic E-state index is 13.3. The van der Waals surface area contributed by atoms with Gasteiger partial charge in [0.05, 0.1) is 4.90 Å². The van der Waals surface area contributed by atoms with Crippen LogP contribution in [0.5, 0.6) is 0 Å². The Kier molecular flexibility index (Phi) is 4.88. The highest BCUT2D eigenvalue weighted by Gasteiger charge is 2.29. The largest absolute Gasteiger partial charge is 0.296 e. The minimum Gasteiger partial charge on any atom is -0.296 e. The second-order valence-corrected chi connectivity index (χ2v) is 7.55. The molecule has 0 radical (unpaired) electrons. The second kappa shape index (κ2) is 6.92. The minimum absolute atomic E-state index is 0.219. The van der Waals surface area contributed by atoms with E-state index in [4.69, 9.17) is 0 Å². The molecule has 24 heavy (non-hydrogen) atoms. The van der Waals surface area contributed by atoms with E-state index in [1.165, 1.54) is 4.31 Å². The fraction of sp³-hybridized carbons (Fsp3) is 0.312. The third kappa shape index (κ3) is 3.61. The molecular formula is C16H17F2N3O2S. The average molecular weight is 353 g/mol. The van der Waals surface area contributed by atoms with Gasteiger partial charge < -0.3 is 0 Å². The lowest BCUT2D eigenvalue weighted by atomic mass is 10.2. The van der Waals surface area contributed by atoms with Gasteiger partial charge in [0.2, 0.25) is 10.0 Å². The molecule has 0 N–H and O–H groups in total. The Balaban J connectivity index is 1.66. The summed E-state index contributed by atoms with van der Waals surface area (Å²) < 4.78 is 52.7. The van der Waals surface area contributed by atoms with E-state index in [0.29, 0.717) is 26.2 Å². The van der Waals surface area contributed by atoms with Crippen molar-refractivity contribution in [3.05, 3.63) is 59.9 Å². The van der Waals surface area contributed by atoms with Crippen molar-refractivity contribution in [2.24, 2.45) is 0 Å². The SMILES string of the molecule is O=S(=O)(c1ccc(F)c(F)c1)N1CCN(Cc2ccncc2)CC1. The Hall–Kier alpha value is -1.90. The van der Waals surface area contributed by atoms with Crippen molar-refractivity contribution in [3.8, 4) is 0 Å². The number of benzene rings is 1. The van der Waals surface area contributed by atoms with Gasteiger partial charge in [-0.15, -0.1) is 0 Å². The summed E-state index contributed by atoms with van der Waals surface area (Å²) in [5, 5.41) is 0. The summed E-state index contributed by atoms with van der Waals surface area (Å²) in [6.45, 7) is 2.50. The van der Waals surface area contributed by atoms with Crippen LogP contribution in [0, 0.1) is 11.6 Å². The van der Waals surface area contributed by atoms with E-state index in [2.05, 4.69) is 9.88 Å². The van der Waals surface area contributed by atoms with Gasteiger partial charge in [-0.25, -0.2) is 17.2 Å². The van der Waals surface area contributed by atoms with Crippen molar-refractivity contribution >= 4 is 10.0 Å². The molecule has 5 nitrogen and oxygen atoms in total. The van der Waals surface area contributed by atoms with E-state index in [-0.39, 0.29) is 4.90 Å². The number of hydrogen-bond donors (Lipinski definition) is 0. The number of halogens is 2. The molecule has 0 amide bonds. The molecule has 8 heteroatoms. The van der Waals surface area contributed by atoms with Gasteiger partial charge in [0.15, 0.2) is 11.6 Å². The zero-order chi connectivity index (χ0) is 17.2. The van der Waals surface area contributed by atoms with Gasteiger partial charge in [-0.1, -0.05) is 0 Å². The number of sulfonamides is 1. The standard InChI is InChI=1S/C16H17F2N3O2S/c17-15-2-1-14(11-16(15)18)24(22,23)21-9-7-20(8-10-21)12-13-3-5-19-6-4-13/h1-6,11H,7-10,12H2. The fourth-order valence-electron chi connectivity index (χ4n) is 2.66. The van der Waals surface area contributed by atoms with Crippen molar-refractivity contribution in [1.29, 1.82) is 0 Å². The molecule has 0 bridgehead atoms. The van der Waals surface area contributed by atoms with Crippen molar-refractivity contribution in [2.75, 3.05) is 26.2 Å². The molecule has 0 unspecified atom stereocenters. The summed E-state index contributed by atoms with van der Waals surface area (Å²) in [6.07, 6.45) is 3.44. The third-order valence-corrected chi connectivity index (χ3v) is 5.91. The van der Waals surface area contributed by atoms with E-state index in [0.717, 1.165) is 30.3 Å². The van der Waals surface area contributed by atoms with Crippen LogP contribution in [0.25, 0.3) is 0 Å². The topological polar surface area (TPSA) is 53.5 Å². The summed E-state index contributed by atoms with van der Waals surface area (Å²) in [4.78, 5) is 5.89. The lowest BCUT2D eigenvalue weighted by Gasteiger charge is -2.34. The second-order valence-electron chi connectivity index (χ2n) is 5.61. The lowest BCUT2D eigenvalue weighted by molar-refractivity contribution is 0.181. The van der Waals surface area contributed by atoms with Crippen molar-refractivity contribution in [2.45, 2.75) is 11.4 Å². The Morgan fingerprint density at radius 1 is 0.958 bits per heavy atom. The van der Waals surface area contributed by atoms with Gasteiger partial charge >= 0.3 is 0 Å². The van der Waals surface area contributed by atoms with Crippen LogP contribution in [0.2, 0.25) is 0 Å². The molecule has 2 aromatic rings. The molecular weight excluding hydrogens is 336 g/mol. The average Bonchev–Trinajstić information content (AvgIpc) is 2.58. The maximum absolute atomic E-state index is 13.3. The van der Waals surface area contributed by atoms with Crippen molar-refractivity contribution in [1.82, 2.24) is 14.2 Å². The third-order valence-electron chi connectivity index (χ3n) is 4.02. The molecule has 1 aliphatic heterocycles. The first-order valence-electron chi connectivity index (χ1n) is 7.53. The quantitative estimate of drug-likeness (QED) is 0.842. The van der Waals surface area contributed by atoms with E-state index in [1.54, 1.807) is 12.4 Å². The summed E-state index contributed by atoms with van der Waals surface area (Å²) >= 11 is 0. The summed E-state index contributed by atoms with van der Waals surface area (Å²) in [6, 6.07) is 6.50. The van der Waals surface area contributed by atoms with Gasteiger partial charge in [-0.3, -0.25) is 9.88 Å². The van der Waals surface area contributed by atoms with E-state index in [1.807, 2.05) is 12.1 Å².